The standard InChI is InChI=1S/C16H23NO2/c1-12-4-6-13(7-5-12)16(2,3)10-15(19)17-9-8-14(18)11-17/h4-7,14,18H,8-11H2,1-3H3/t14-/m1/s1. The van der Waals surface area contributed by atoms with Crippen LogP contribution in [0.15, 0.2) is 24.3 Å². The van der Waals surface area contributed by atoms with Crippen molar-refractivity contribution in [2.24, 2.45) is 0 Å². The smallest absolute Gasteiger partial charge is 0.223 e. The van der Waals surface area contributed by atoms with E-state index in [0.29, 0.717) is 25.9 Å². The summed E-state index contributed by atoms with van der Waals surface area (Å²) in [5.41, 5.74) is 2.25. The summed E-state index contributed by atoms with van der Waals surface area (Å²) in [7, 11) is 0. The zero-order valence-electron chi connectivity index (χ0n) is 12.0. The molecule has 1 saturated heterocycles. The van der Waals surface area contributed by atoms with Gasteiger partial charge in [0.2, 0.25) is 5.91 Å². The number of aryl methyl sites for hydroxylation is 1. The molecule has 1 N–H and O–H groups in total. The molecule has 0 aliphatic carbocycles. The fourth-order valence-electron chi connectivity index (χ4n) is 2.57. The molecule has 1 heterocycles. The number of benzene rings is 1. The number of carbonyl (C=O) groups is 1. The van der Waals surface area contributed by atoms with E-state index in [1.165, 1.54) is 11.1 Å². The van der Waals surface area contributed by atoms with Gasteiger partial charge in [-0.2, -0.15) is 0 Å². The van der Waals surface area contributed by atoms with Crippen LogP contribution in [0.2, 0.25) is 0 Å². The molecule has 2 rings (SSSR count). The molecule has 1 aromatic carbocycles. The number of amides is 1. The first kappa shape index (κ1) is 14.1. The van der Waals surface area contributed by atoms with Crippen molar-refractivity contribution in [1.29, 1.82) is 0 Å². The van der Waals surface area contributed by atoms with Crippen molar-refractivity contribution in [3.63, 3.8) is 0 Å². The lowest BCUT2D eigenvalue weighted by Crippen LogP contribution is -2.34. The fraction of sp³-hybridized carbons (Fsp3) is 0.562. The second kappa shape index (κ2) is 5.33. The molecule has 0 saturated carbocycles. The molecular weight excluding hydrogens is 238 g/mol. The third-order valence-electron chi connectivity index (χ3n) is 3.94. The third kappa shape index (κ3) is 3.35. The topological polar surface area (TPSA) is 40.5 Å². The molecular formula is C16H23NO2. The highest BCUT2D eigenvalue weighted by atomic mass is 16.3. The fourth-order valence-corrected chi connectivity index (χ4v) is 2.57. The molecule has 1 fully saturated rings. The third-order valence-corrected chi connectivity index (χ3v) is 3.94. The molecule has 19 heavy (non-hydrogen) atoms. The maximum atomic E-state index is 12.3. The van der Waals surface area contributed by atoms with Crippen LogP contribution in [0.5, 0.6) is 0 Å². The lowest BCUT2D eigenvalue weighted by Gasteiger charge is -2.27. The summed E-state index contributed by atoms with van der Waals surface area (Å²) in [6.45, 7) is 7.43. The van der Waals surface area contributed by atoms with Crippen LogP contribution in [0.4, 0.5) is 0 Å². The van der Waals surface area contributed by atoms with E-state index < -0.39 is 0 Å². The molecule has 1 aliphatic heterocycles. The van der Waals surface area contributed by atoms with Gasteiger partial charge in [-0.15, -0.1) is 0 Å². The number of rotatable bonds is 3. The van der Waals surface area contributed by atoms with Crippen molar-refractivity contribution in [1.82, 2.24) is 4.90 Å². The number of carbonyl (C=O) groups excluding carboxylic acids is 1. The number of nitrogens with zero attached hydrogens (tertiary/aromatic N) is 1. The monoisotopic (exact) mass is 261 g/mol. The van der Waals surface area contributed by atoms with E-state index in [1.54, 1.807) is 4.90 Å². The minimum Gasteiger partial charge on any atom is -0.391 e. The quantitative estimate of drug-likeness (QED) is 0.906. The molecule has 104 valence electrons. The Hall–Kier alpha value is -1.35. The van der Waals surface area contributed by atoms with Gasteiger partial charge in [0, 0.05) is 19.5 Å². The van der Waals surface area contributed by atoms with E-state index in [2.05, 4.69) is 45.0 Å². The predicted molar refractivity (Wildman–Crippen MR) is 76.0 cm³/mol. The molecule has 3 heteroatoms. The predicted octanol–water partition coefficient (Wildman–Crippen LogP) is 2.26. The first-order chi connectivity index (χ1) is 8.88. The Kier molecular flexibility index (Phi) is 3.95. The average Bonchev–Trinajstić information content (AvgIpc) is 2.76. The van der Waals surface area contributed by atoms with Crippen molar-refractivity contribution in [3.05, 3.63) is 35.4 Å². The molecule has 0 radical (unpaired) electrons. The Labute approximate surface area is 115 Å². The highest BCUT2D eigenvalue weighted by Gasteiger charge is 2.30. The van der Waals surface area contributed by atoms with Crippen LogP contribution in [-0.4, -0.2) is 35.1 Å². The summed E-state index contributed by atoms with van der Waals surface area (Å²) >= 11 is 0. The van der Waals surface area contributed by atoms with Crippen LogP contribution in [0.3, 0.4) is 0 Å². The first-order valence-electron chi connectivity index (χ1n) is 6.91. The normalized spacial score (nSPS) is 19.8. The van der Waals surface area contributed by atoms with Crippen LogP contribution in [0.25, 0.3) is 0 Å². The van der Waals surface area contributed by atoms with Gasteiger partial charge in [0.1, 0.15) is 0 Å². The van der Waals surface area contributed by atoms with Crippen LogP contribution >= 0.6 is 0 Å². The van der Waals surface area contributed by atoms with Gasteiger partial charge in [0.05, 0.1) is 6.10 Å². The second-order valence-corrected chi connectivity index (χ2v) is 6.21. The summed E-state index contributed by atoms with van der Waals surface area (Å²) in [5, 5.41) is 9.50. The molecule has 1 aliphatic rings. The maximum Gasteiger partial charge on any atom is 0.223 e. The SMILES string of the molecule is Cc1ccc(C(C)(C)CC(=O)N2CC[C@@H](O)C2)cc1. The molecule has 1 aromatic rings. The van der Waals surface area contributed by atoms with Crippen molar-refractivity contribution >= 4 is 5.91 Å². The van der Waals surface area contributed by atoms with E-state index in [0.717, 1.165) is 0 Å². The molecule has 0 aromatic heterocycles. The van der Waals surface area contributed by atoms with Gasteiger partial charge in [-0.3, -0.25) is 4.79 Å². The van der Waals surface area contributed by atoms with Crippen molar-refractivity contribution in [2.75, 3.05) is 13.1 Å². The zero-order valence-corrected chi connectivity index (χ0v) is 12.0. The van der Waals surface area contributed by atoms with E-state index >= 15 is 0 Å². The Morgan fingerprint density at radius 3 is 2.53 bits per heavy atom. The first-order valence-corrected chi connectivity index (χ1v) is 6.91. The highest BCUT2D eigenvalue weighted by molar-refractivity contribution is 5.78. The molecule has 0 spiro atoms. The van der Waals surface area contributed by atoms with Crippen LogP contribution in [-0.2, 0) is 10.2 Å². The van der Waals surface area contributed by atoms with Gasteiger partial charge in [0.15, 0.2) is 0 Å². The lowest BCUT2D eigenvalue weighted by molar-refractivity contribution is -0.131. The Morgan fingerprint density at radius 1 is 1.37 bits per heavy atom. The molecule has 1 atom stereocenters. The van der Waals surface area contributed by atoms with Crippen LogP contribution < -0.4 is 0 Å². The van der Waals surface area contributed by atoms with Crippen LogP contribution in [0, 0.1) is 6.92 Å². The van der Waals surface area contributed by atoms with Gasteiger partial charge in [-0.1, -0.05) is 43.7 Å². The zero-order chi connectivity index (χ0) is 14.0. The summed E-state index contributed by atoms with van der Waals surface area (Å²) in [6, 6.07) is 8.37. The van der Waals surface area contributed by atoms with Crippen LogP contribution in [0.1, 0.15) is 37.8 Å². The Morgan fingerprint density at radius 2 is 2.00 bits per heavy atom. The summed E-state index contributed by atoms with van der Waals surface area (Å²) in [4.78, 5) is 14.0. The van der Waals surface area contributed by atoms with E-state index in [-0.39, 0.29) is 17.4 Å². The van der Waals surface area contributed by atoms with E-state index in [1.807, 2.05) is 0 Å². The minimum absolute atomic E-state index is 0.141. The Bertz CT molecular complexity index is 450. The van der Waals surface area contributed by atoms with Crippen molar-refractivity contribution in [3.8, 4) is 0 Å². The molecule has 1 amide bonds. The van der Waals surface area contributed by atoms with Gasteiger partial charge >= 0.3 is 0 Å². The molecule has 3 nitrogen and oxygen atoms in total. The number of hydrogen-bond donors (Lipinski definition) is 1. The number of aliphatic hydroxyl groups excluding tert-OH is 1. The van der Waals surface area contributed by atoms with E-state index in [9.17, 15) is 9.90 Å². The van der Waals surface area contributed by atoms with Gasteiger partial charge in [0.25, 0.3) is 0 Å². The summed E-state index contributed by atoms with van der Waals surface area (Å²) < 4.78 is 0. The number of aliphatic hydroxyl groups is 1. The number of likely N-dealkylation sites (tertiary alicyclic amines) is 1. The van der Waals surface area contributed by atoms with Crippen molar-refractivity contribution < 1.29 is 9.90 Å². The highest BCUT2D eigenvalue weighted by Crippen LogP contribution is 2.28. The van der Waals surface area contributed by atoms with Gasteiger partial charge < -0.3 is 10.0 Å². The largest absolute Gasteiger partial charge is 0.391 e. The van der Waals surface area contributed by atoms with Gasteiger partial charge in [-0.05, 0) is 24.3 Å². The summed E-state index contributed by atoms with van der Waals surface area (Å²) in [5.74, 6) is 0.141. The Balaban J connectivity index is 2.04. The van der Waals surface area contributed by atoms with E-state index in [4.69, 9.17) is 0 Å². The second-order valence-electron chi connectivity index (χ2n) is 6.21. The lowest BCUT2D eigenvalue weighted by atomic mass is 9.81. The molecule has 0 bridgehead atoms. The summed E-state index contributed by atoms with van der Waals surface area (Å²) in [6.07, 6.45) is 0.853. The number of hydrogen-bond acceptors (Lipinski definition) is 2. The van der Waals surface area contributed by atoms with Gasteiger partial charge in [-0.25, -0.2) is 0 Å². The minimum atomic E-state index is -0.341. The van der Waals surface area contributed by atoms with Crippen molar-refractivity contribution in [2.45, 2.75) is 45.1 Å². The maximum absolute atomic E-state index is 12.3. The average molecular weight is 261 g/mol. The number of β-amino-alcohol motifs (C(OH)–C–C–N with tert-alkyl or cyclic N) is 1. The molecule has 0 unspecified atom stereocenters.